The van der Waals surface area contributed by atoms with E-state index in [4.69, 9.17) is 28.6 Å². The van der Waals surface area contributed by atoms with Crippen LogP contribution in [0.3, 0.4) is 0 Å². The smallest absolute Gasteiger partial charge is 0.259 e. The largest absolute Gasteiger partial charge is 0.453 e. The molecule has 0 bridgehead atoms. The van der Waals surface area contributed by atoms with Crippen molar-refractivity contribution in [1.29, 1.82) is 0 Å². The molecule has 0 aliphatic heterocycles. The van der Waals surface area contributed by atoms with Crippen LogP contribution in [-0.4, -0.2) is 19.6 Å². The lowest BCUT2D eigenvalue weighted by molar-refractivity contribution is 0.486. The summed E-state index contributed by atoms with van der Waals surface area (Å²) in [5.41, 5.74) is 1.53. The molecule has 0 aromatic heterocycles. The Morgan fingerprint density at radius 1 is 1.28 bits per heavy atom. The maximum absolute atomic E-state index is 11.3. The van der Waals surface area contributed by atoms with Gasteiger partial charge in [0.2, 0.25) is 0 Å². The Morgan fingerprint density at radius 3 is 2.56 bits per heavy atom. The molecular formula is C17H19ClN2O3S2. The van der Waals surface area contributed by atoms with Gasteiger partial charge in [0.25, 0.3) is 11.3 Å². The van der Waals surface area contributed by atoms with Gasteiger partial charge >= 0.3 is 0 Å². The molecule has 2 aromatic carbocycles. The predicted octanol–water partition coefficient (Wildman–Crippen LogP) is 5.15. The fourth-order valence-corrected chi connectivity index (χ4v) is 2.73. The second-order valence-electron chi connectivity index (χ2n) is 5.22. The maximum atomic E-state index is 11.3. The summed E-state index contributed by atoms with van der Waals surface area (Å²) in [5.74, 6) is 1.01. The number of thiocarbonyl (C=S) groups is 1. The summed E-state index contributed by atoms with van der Waals surface area (Å²) in [6.45, 7) is 2.82. The first-order valence-electron chi connectivity index (χ1n) is 7.73. The molecule has 0 fully saturated rings. The summed E-state index contributed by atoms with van der Waals surface area (Å²) >= 11 is 8.72. The van der Waals surface area contributed by atoms with E-state index in [0.29, 0.717) is 28.4 Å². The van der Waals surface area contributed by atoms with Gasteiger partial charge in [0, 0.05) is 12.1 Å². The van der Waals surface area contributed by atoms with Crippen molar-refractivity contribution in [3.8, 4) is 11.5 Å². The summed E-state index contributed by atoms with van der Waals surface area (Å²) in [6, 6.07) is 12.5. The number of para-hydroxylation sites is 1. The summed E-state index contributed by atoms with van der Waals surface area (Å²) in [5, 5.41) is 3.28. The van der Waals surface area contributed by atoms with E-state index >= 15 is 0 Å². The third-order valence-corrected chi connectivity index (χ3v) is 4.17. The molecule has 1 unspecified atom stereocenters. The SMILES string of the molecule is CCCCNc1cc(C(=S)Cl)cc(NS(=O)O)c1Oc1ccccc1. The van der Waals surface area contributed by atoms with Crippen LogP contribution >= 0.6 is 23.8 Å². The molecule has 25 heavy (non-hydrogen) atoms. The predicted molar refractivity (Wildman–Crippen MR) is 108 cm³/mol. The van der Waals surface area contributed by atoms with Crippen LogP contribution in [0.1, 0.15) is 25.3 Å². The van der Waals surface area contributed by atoms with E-state index in [9.17, 15) is 8.76 Å². The van der Waals surface area contributed by atoms with Crippen molar-refractivity contribution < 1.29 is 13.5 Å². The summed E-state index contributed by atoms with van der Waals surface area (Å²) in [7, 11) is 0. The first kappa shape index (κ1) is 19.7. The Balaban J connectivity index is 2.48. The highest BCUT2D eigenvalue weighted by Crippen LogP contribution is 2.39. The molecule has 8 heteroatoms. The van der Waals surface area contributed by atoms with Crippen molar-refractivity contribution in [2.75, 3.05) is 16.6 Å². The molecule has 134 valence electrons. The quantitative estimate of drug-likeness (QED) is 0.236. The van der Waals surface area contributed by atoms with Gasteiger partial charge in [-0.25, -0.2) is 4.21 Å². The number of hydrogen-bond acceptors (Lipinski definition) is 4. The van der Waals surface area contributed by atoms with Crippen LogP contribution in [0, 0.1) is 0 Å². The maximum Gasteiger partial charge on any atom is 0.259 e. The van der Waals surface area contributed by atoms with Gasteiger partial charge in [-0.1, -0.05) is 55.4 Å². The monoisotopic (exact) mass is 398 g/mol. The highest BCUT2D eigenvalue weighted by atomic mass is 35.5. The van der Waals surface area contributed by atoms with Gasteiger partial charge in [0.05, 0.1) is 11.4 Å². The zero-order valence-corrected chi connectivity index (χ0v) is 16.0. The minimum absolute atomic E-state index is 0.163. The fourth-order valence-electron chi connectivity index (χ4n) is 2.16. The average Bonchev–Trinajstić information content (AvgIpc) is 2.57. The normalized spacial score (nSPS) is 11.6. The zero-order valence-electron chi connectivity index (χ0n) is 13.6. The van der Waals surface area contributed by atoms with Crippen molar-refractivity contribution in [1.82, 2.24) is 0 Å². The Labute approximate surface area is 160 Å². The summed E-state index contributed by atoms with van der Waals surface area (Å²) < 4.78 is 29.1. The first-order valence-corrected chi connectivity index (χ1v) is 9.62. The van der Waals surface area contributed by atoms with E-state index in [0.717, 1.165) is 19.4 Å². The van der Waals surface area contributed by atoms with Gasteiger partial charge in [0.15, 0.2) is 5.75 Å². The Hall–Kier alpha value is -1.67. The Bertz CT molecular complexity index is 757. The fraction of sp³-hybridized carbons (Fsp3) is 0.235. The van der Waals surface area contributed by atoms with Crippen LogP contribution in [-0.2, 0) is 11.3 Å². The van der Waals surface area contributed by atoms with Gasteiger partial charge in [-0.2, -0.15) is 0 Å². The Morgan fingerprint density at radius 2 is 1.96 bits per heavy atom. The van der Waals surface area contributed by atoms with Crippen LogP contribution in [0.25, 0.3) is 0 Å². The molecule has 3 N–H and O–H groups in total. The molecule has 0 saturated carbocycles. The average molecular weight is 399 g/mol. The number of nitrogens with one attached hydrogen (secondary N) is 2. The second-order valence-corrected chi connectivity index (χ2v) is 6.93. The highest BCUT2D eigenvalue weighted by molar-refractivity contribution is 7.83. The van der Waals surface area contributed by atoms with Gasteiger partial charge in [-0.3, -0.25) is 9.27 Å². The van der Waals surface area contributed by atoms with Crippen LogP contribution in [0.5, 0.6) is 11.5 Å². The summed E-state index contributed by atoms with van der Waals surface area (Å²) in [4.78, 5) is 0. The number of rotatable bonds is 9. The molecule has 1 atom stereocenters. The van der Waals surface area contributed by atoms with E-state index < -0.39 is 11.3 Å². The molecule has 2 aromatic rings. The van der Waals surface area contributed by atoms with E-state index in [2.05, 4.69) is 17.0 Å². The molecule has 2 rings (SSSR count). The van der Waals surface area contributed by atoms with Crippen molar-refractivity contribution in [2.24, 2.45) is 0 Å². The molecule has 0 saturated heterocycles. The van der Waals surface area contributed by atoms with Crippen LogP contribution in [0.2, 0.25) is 0 Å². The van der Waals surface area contributed by atoms with E-state index in [-0.39, 0.29) is 4.32 Å². The van der Waals surface area contributed by atoms with Crippen LogP contribution in [0.4, 0.5) is 11.4 Å². The molecule has 0 amide bonds. The van der Waals surface area contributed by atoms with Crippen molar-refractivity contribution >= 4 is 50.8 Å². The summed E-state index contributed by atoms with van der Waals surface area (Å²) in [6.07, 6.45) is 2.00. The highest BCUT2D eigenvalue weighted by Gasteiger charge is 2.16. The molecule has 0 heterocycles. The van der Waals surface area contributed by atoms with Crippen molar-refractivity contribution in [3.05, 3.63) is 48.0 Å². The number of unbranched alkanes of at least 4 members (excludes halogenated alkanes) is 1. The molecule has 0 aliphatic carbocycles. The molecular weight excluding hydrogens is 380 g/mol. The lowest BCUT2D eigenvalue weighted by Crippen LogP contribution is -2.09. The van der Waals surface area contributed by atoms with Gasteiger partial charge < -0.3 is 10.1 Å². The lowest BCUT2D eigenvalue weighted by Gasteiger charge is -2.18. The molecule has 0 radical (unpaired) electrons. The van der Waals surface area contributed by atoms with E-state index in [1.807, 2.05) is 18.2 Å². The number of halogens is 1. The zero-order chi connectivity index (χ0) is 18.2. The molecule has 0 aliphatic rings. The number of hydrogen-bond donors (Lipinski definition) is 3. The third kappa shape index (κ3) is 5.97. The van der Waals surface area contributed by atoms with Crippen LogP contribution < -0.4 is 14.8 Å². The lowest BCUT2D eigenvalue weighted by atomic mass is 10.1. The number of anilines is 2. The second kappa shape index (κ2) is 9.72. The van der Waals surface area contributed by atoms with Crippen molar-refractivity contribution in [3.63, 3.8) is 0 Å². The van der Waals surface area contributed by atoms with Gasteiger partial charge in [0.1, 0.15) is 10.1 Å². The molecule has 5 nitrogen and oxygen atoms in total. The number of ether oxygens (including phenoxy) is 1. The minimum atomic E-state index is -2.27. The van der Waals surface area contributed by atoms with Crippen LogP contribution in [0.15, 0.2) is 42.5 Å². The van der Waals surface area contributed by atoms with Gasteiger partial charge in [-0.15, -0.1) is 0 Å². The van der Waals surface area contributed by atoms with E-state index in [1.54, 1.807) is 24.3 Å². The van der Waals surface area contributed by atoms with Gasteiger partial charge in [-0.05, 0) is 30.7 Å². The minimum Gasteiger partial charge on any atom is -0.453 e. The molecule has 0 spiro atoms. The van der Waals surface area contributed by atoms with E-state index in [1.165, 1.54) is 0 Å². The standard InChI is InChI=1S/C17H19ClN2O3S2/c1-2-3-9-19-14-10-12(17(18)24)11-15(20-25(21)22)16(14)23-13-7-5-4-6-8-13/h4-8,10-11,19-20H,2-3,9H2,1H3,(H,21,22). The van der Waals surface area contributed by atoms with Crippen molar-refractivity contribution in [2.45, 2.75) is 19.8 Å². The third-order valence-electron chi connectivity index (χ3n) is 3.32. The first-order chi connectivity index (χ1) is 12.0. The number of benzene rings is 2. The topological polar surface area (TPSA) is 70.6 Å². The Kier molecular flexibility index (Phi) is 7.64.